The predicted octanol–water partition coefficient (Wildman–Crippen LogP) is 2.91. The zero-order valence-corrected chi connectivity index (χ0v) is 14.5. The van der Waals surface area contributed by atoms with Crippen molar-refractivity contribution in [3.8, 4) is 0 Å². The number of nitrogens with zero attached hydrogens (tertiary/aromatic N) is 1. The Bertz CT molecular complexity index is 790. The highest BCUT2D eigenvalue weighted by Gasteiger charge is 2.64. The second kappa shape index (κ2) is 5.17. The number of hydrogen-bond acceptors (Lipinski definition) is 4. The first kappa shape index (κ1) is 18.2. The van der Waals surface area contributed by atoms with Crippen molar-refractivity contribution in [1.29, 1.82) is 0 Å². The number of amidine groups is 1. The van der Waals surface area contributed by atoms with Crippen molar-refractivity contribution in [3.05, 3.63) is 34.1 Å². The van der Waals surface area contributed by atoms with Crippen LogP contribution in [0.3, 0.4) is 0 Å². The molecular formula is C13H13BrF4N2O2S. The molecule has 1 aliphatic rings. The molecule has 1 aromatic carbocycles. The second-order valence-electron chi connectivity index (χ2n) is 5.75. The average molecular weight is 417 g/mol. The summed E-state index contributed by atoms with van der Waals surface area (Å²) in [5.41, 5.74) is 1.36. The largest absolute Gasteiger partial charge is 0.418 e. The van der Waals surface area contributed by atoms with Gasteiger partial charge in [0, 0.05) is 10.0 Å². The predicted molar refractivity (Wildman–Crippen MR) is 81.3 cm³/mol. The van der Waals surface area contributed by atoms with E-state index in [0.29, 0.717) is 0 Å². The van der Waals surface area contributed by atoms with E-state index in [9.17, 15) is 26.0 Å². The molecular weight excluding hydrogens is 404 g/mol. The molecule has 0 amide bonds. The highest BCUT2D eigenvalue weighted by atomic mass is 79.9. The third-order valence-electron chi connectivity index (χ3n) is 3.95. The fraction of sp³-hybridized carbons (Fsp3) is 0.462. The topological polar surface area (TPSA) is 72.5 Å². The Morgan fingerprint density at radius 2 is 1.87 bits per heavy atom. The van der Waals surface area contributed by atoms with Gasteiger partial charge in [-0.3, -0.25) is 0 Å². The van der Waals surface area contributed by atoms with Gasteiger partial charge < -0.3 is 5.73 Å². The van der Waals surface area contributed by atoms with Crippen molar-refractivity contribution in [1.82, 2.24) is 0 Å². The molecule has 0 saturated heterocycles. The van der Waals surface area contributed by atoms with Gasteiger partial charge in [0.1, 0.15) is 16.4 Å². The average Bonchev–Trinajstić information content (AvgIpc) is 2.37. The Kier molecular flexibility index (Phi) is 4.09. The molecule has 1 heterocycles. The van der Waals surface area contributed by atoms with E-state index < -0.39 is 49.3 Å². The maximum absolute atomic E-state index is 14.1. The molecule has 0 bridgehead atoms. The first-order valence-corrected chi connectivity index (χ1v) is 8.79. The van der Waals surface area contributed by atoms with Gasteiger partial charge in [-0.15, -0.1) is 0 Å². The standard InChI is InChI=1S/C13H13BrF4N2O2S/c1-11(2)10(19)20-12(13(16,17)18,6-23(11,21)22)8-5-7(14)3-4-9(8)15/h3-5H,6H2,1-2H3,(H2,19,20). The van der Waals surface area contributed by atoms with E-state index in [1.807, 2.05) is 0 Å². The van der Waals surface area contributed by atoms with Crippen LogP contribution in [-0.4, -0.2) is 30.9 Å². The smallest absolute Gasteiger partial charge is 0.386 e. The highest BCUT2D eigenvalue weighted by Crippen LogP contribution is 2.48. The number of halogens is 5. The maximum Gasteiger partial charge on any atom is 0.418 e. The van der Waals surface area contributed by atoms with Crippen molar-refractivity contribution in [2.75, 3.05) is 5.75 Å². The van der Waals surface area contributed by atoms with Crippen LogP contribution >= 0.6 is 15.9 Å². The molecule has 1 aliphatic heterocycles. The molecule has 4 nitrogen and oxygen atoms in total. The van der Waals surface area contributed by atoms with E-state index in [0.717, 1.165) is 12.1 Å². The van der Waals surface area contributed by atoms with Crippen LogP contribution in [0.15, 0.2) is 27.7 Å². The maximum atomic E-state index is 14.1. The van der Waals surface area contributed by atoms with Crippen molar-refractivity contribution in [2.45, 2.75) is 30.3 Å². The van der Waals surface area contributed by atoms with E-state index in [1.54, 1.807) is 0 Å². The highest BCUT2D eigenvalue weighted by molar-refractivity contribution is 9.10. The van der Waals surface area contributed by atoms with Crippen LogP contribution in [-0.2, 0) is 15.4 Å². The monoisotopic (exact) mass is 416 g/mol. The van der Waals surface area contributed by atoms with Gasteiger partial charge in [-0.25, -0.2) is 17.8 Å². The zero-order valence-electron chi connectivity index (χ0n) is 12.1. The molecule has 0 aromatic heterocycles. The molecule has 1 atom stereocenters. The molecule has 10 heteroatoms. The first-order chi connectivity index (χ1) is 10.2. The Labute approximate surface area is 138 Å². The molecule has 0 radical (unpaired) electrons. The lowest BCUT2D eigenvalue weighted by molar-refractivity contribution is -0.183. The van der Waals surface area contributed by atoms with Gasteiger partial charge in [-0.2, -0.15) is 13.2 Å². The summed E-state index contributed by atoms with van der Waals surface area (Å²) in [4.78, 5) is 3.44. The summed E-state index contributed by atoms with van der Waals surface area (Å²) in [5, 5.41) is 0. The van der Waals surface area contributed by atoms with E-state index in [4.69, 9.17) is 5.73 Å². The lowest BCUT2D eigenvalue weighted by atomic mass is 9.90. The lowest BCUT2D eigenvalue weighted by Crippen LogP contribution is -2.60. The lowest BCUT2D eigenvalue weighted by Gasteiger charge is -2.40. The number of hydrogen-bond donors (Lipinski definition) is 1. The van der Waals surface area contributed by atoms with Crippen LogP contribution in [0.2, 0.25) is 0 Å². The summed E-state index contributed by atoms with van der Waals surface area (Å²) in [7, 11) is -4.34. The van der Waals surface area contributed by atoms with E-state index >= 15 is 0 Å². The number of sulfone groups is 1. The fourth-order valence-electron chi connectivity index (χ4n) is 2.24. The van der Waals surface area contributed by atoms with Crippen LogP contribution in [0.1, 0.15) is 19.4 Å². The third-order valence-corrected chi connectivity index (χ3v) is 7.00. The van der Waals surface area contributed by atoms with E-state index in [2.05, 4.69) is 20.9 Å². The Morgan fingerprint density at radius 3 is 2.35 bits per heavy atom. The quantitative estimate of drug-likeness (QED) is 0.715. The summed E-state index contributed by atoms with van der Waals surface area (Å²) in [5.74, 6) is -3.33. The molecule has 0 saturated carbocycles. The summed E-state index contributed by atoms with van der Waals surface area (Å²) in [6.45, 7) is 2.33. The van der Waals surface area contributed by atoms with Crippen LogP contribution in [0.25, 0.3) is 0 Å². The fourth-order valence-corrected chi connectivity index (χ4v) is 4.26. The van der Waals surface area contributed by atoms with Gasteiger partial charge in [-0.1, -0.05) is 15.9 Å². The number of nitrogens with two attached hydrogens (primary N) is 1. The summed E-state index contributed by atoms with van der Waals surface area (Å²) >= 11 is 2.96. The van der Waals surface area contributed by atoms with Gasteiger partial charge >= 0.3 is 6.18 Å². The molecule has 0 fully saturated rings. The van der Waals surface area contributed by atoms with Crippen LogP contribution < -0.4 is 5.73 Å². The summed E-state index contributed by atoms with van der Waals surface area (Å²) in [6.07, 6.45) is -5.15. The molecule has 23 heavy (non-hydrogen) atoms. The SMILES string of the molecule is CC1(C)C(N)=NC(c2cc(Br)ccc2F)(C(F)(F)F)CS1(=O)=O. The van der Waals surface area contributed by atoms with Crippen LogP contribution in [0, 0.1) is 5.82 Å². The molecule has 1 aromatic rings. The van der Waals surface area contributed by atoms with Gasteiger partial charge in [-0.05, 0) is 32.0 Å². The molecule has 0 spiro atoms. The van der Waals surface area contributed by atoms with Crippen molar-refractivity contribution >= 4 is 31.6 Å². The third kappa shape index (κ3) is 2.65. The van der Waals surface area contributed by atoms with E-state index in [1.165, 1.54) is 19.9 Å². The molecule has 1 unspecified atom stereocenters. The summed E-state index contributed by atoms with van der Waals surface area (Å²) < 4.78 is 78.4. The summed E-state index contributed by atoms with van der Waals surface area (Å²) in [6, 6.07) is 2.88. The van der Waals surface area contributed by atoms with Gasteiger partial charge in [0.15, 0.2) is 15.4 Å². The van der Waals surface area contributed by atoms with Gasteiger partial charge in [0.25, 0.3) is 0 Å². The van der Waals surface area contributed by atoms with Crippen molar-refractivity contribution in [2.24, 2.45) is 10.7 Å². The number of alkyl halides is 3. The normalized spacial score (nSPS) is 26.7. The Balaban J connectivity index is 2.90. The number of rotatable bonds is 1. The molecule has 2 rings (SSSR count). The zero-order chi connectivity index (χ0) is 17.8. The number of benzene rings is 1. The first-order valence-electron chi connectivity index (χ1n) is 6.35. The Morgan fingerprint density at radius 1 is 1.30 bits per heavy atom. The van der Waals surface area contributed by atoms with Crippen LogP contribution in [0.5, 0.6) is 0 Å². The molecule has 128 valence electrons. The minimum absolute atomic E-state index is 0.161. The second-order valence-corrected chi connectivity index (χ2v) is 9.20. The molecule has 0 aliphatic carbocycles. The number of aliphatic imine (C=N–C) groups is 1. The molecule has 2 N–H and O–H groups in total. The minimum atomic E-state index is -5.15. The van der Waals surface area contributed by atoms with E-state index in [-0.39, 0.29) is 4.47 Å². The van der Waals surface area contributed by atoms with Crippen molar-refractivity contribution < 1.29 is 26.0 Å². The van der Waals surface area contributed by atoms with Gasteiger partial charge in [0.05, 0.1) is 5.75 Å². The van der Waals surface area contributed by atoms with Crippen molar-refractivity contribution in [3.63, 3.8) is 0 Å². The van der Waals surface area contributed by atoms with Crippen LogP contribution in [0.4, 0.5) is 17.6 Å². The van der Waals surface area contributed by atoms with Gasteiger partial charge in [0.2, 0.25) is 0 Å². The minimum Gasteiger partial charge on any atom is -0.386 e. The Hall–Kier alpha value is -1.16.